The number of hydrogen-bond donors (Lipinski definition) is 1. The summed E-state index contributed by atoms with van der Waals surface area (Å²) in [4.78, 5) is 17.2. The predicted molar refractivity (Wildman–Crippen MR) is 122 cm³/mol. The Morgan fingerprint density at radius 1 is 1.03 bits per heavy atom. The normalized spacial score (nSPS) is 12.5. The fraction of sp³-hybridized carbons (Fsp3) is 0.208. The first-order valence-corrected chi connectivity index (χ1v) is 10.6. The van der Waals surface area contributed by atoms with E-state index in [0.29, 0.717) is 17.3 Å². The first-order valence-electron chi connectivity index (χ1n) is 9.78. The summed E-state index contributed by atoms with van der Waals surface area (Å²) in [5.74, 6) is 0.349. The molecule has 0 amide bonds. The Kier molecular flexibility index (Phi) is 7.63. The van der Waals surface area contributed by atoms with E-state index in [4.69, 9.17) is 9.47 Å². The number of nitriles is 1. The number of pyridine rings is 1. The molecule has 0 aliphatic carbocycles. The summed E-state index contributed by atoms with van der Waals surface area (Å²) in [6, 6.07) is 23.1. The van der Waals surface area contributed by atoms with Crippen LogP contribution in [-0.4, -0.2) is 17.0 Å². The van der Waals surface area contributed by atoms with Crippen LogP contribution in [0.1, 0.15) is 25.6 Å². The lowest BCUT2D eigenvalue weighted by Gasteiger charge is -2.23. The second kappa shape index (κ2) is 10.6. The third kappa shape index (κ3) is 6.30. The van der Waals surface area contributed by atoms with E-state index < -0.39 is 18.1 Å². The fourth-order valence-electron chi connectivity index (χ4n) is 2.81. The maximum atomic E-state index is 12.9. The maximum Gasteiger partial charge on any atom is 0.330 e. The van der Waals surface area contributed by atoms with Gasteiger partial charge in [0.25, 0.3) is 0 Å². The van der Waals surface area contributed by atoms with Crippen LogP contribution in [0.4, 0.5) is 5.69 Å². The van der Waals surface area contributed by atoms with Gasteiger partial charge in [-0.05, 0) is 48.4 Å². The molecule has 6 nitrogen and oxygen atoms in total. The molecule has 2 unspecified atom stereocenters. The summed E-state index contributed by atoms with van der Waals surface area (Å²) in [6.45, 7) is 3.82. The van der Waals surface area contributed by atoms with Crippen molar-refractivity contribution in [3.63, 3.8) is 0 Å². The Hall–Kier alpha value is -3.37. The summed E-state index contributed by atoms with van der Waals surface area (Å²) in [5, 5.41) is 12.8. The minimum absolute atomic E-state index is 0.0591. The van der Waals surface area contributed by atoms with E-state index in [-0.39, 0.29) is 5.92 Å². The fourth-order valence-corrected chi connectivity index (χ4v) is 3.07. The monoisotopic (exact) mass is 479 g/mol. The first-order chi connectivity index (χ1) is 15.0. The van der Waals surface area contributed by atoms with Crippen LogP contribution >= 0.6 is 15.9 Å². The zero-order valence-electron chi connectivity index (χ0n) is 17.2. The number of esters is 1. The molecule has 0 aliphatic heterocycles. The summed E-state index contributed by atoms with van der Waals surface area (Å²) < 4.78 is 12.2. The summed E-state index contributed by atoms with van der Waals surface area (Å²) >= 11 is 3.39. The molecule has 31 heavy (non-hydrogen) atoms. The zero-order chi connectivity index (χ0) is 22.2. The van der Waals surface area contributed by atoms with Crippen molar-refractivity contribution >= 4 is 27.6 Å². The first kappa shape index (κ1) is 22.3. The third-order valence-corrected chi connectivity index (χ3v) is 4.95. The number of hydrogen-bond acceptors (Lipinski definition) is 6. The molecule has 0 bridgehead atoms. The Balaban J connectivity index is 1.73. The van der Waals surface area contributed by atoms with Crippen molar-refractivity contribution in [2.24, 2.45) is 5.92 Å². The van der Waals surface area contributed by atoms with Gasteiger partial charge < -0.3 is 14.8 Å². The standard InChI is InChI=1S/C24H22BrN3O3/c1-16(2)23(27-18-13-11-17(25)12-14-18)24(29)31-21(15-26)20-9-6-10-22(28-20)30-19-7-4-3-5-8-19/h3-14,16,21,23,27H,1-2H3. The van der Waals surface area contributed by atoms with Gasteiger partial charge in [-0.15, -0.1) is 0 Å². The molecule has 0 radical (unpaired) electrons. The van der Waals surface area contributed by atoms with Crippen molar-refractivity contribution in [3.8, 4) is 17.7 Å². The van der Waals surface area contributed by atoms with Crippen LogP contribution in [0.15, 0.2) is 77.3 Å². The number of halogens is 1. The molecule has 0 saturated carbocycles. The van der Waals surface area contributed by atoms with Crippen molar-refractivity contribution in [3.05, 3.63) is 83.0 Å². The molecule has 0 spiro atoms. The smallest absolute Gasteiger partial charge is 0.330 e. The van der Waals surface area contributed by atoms with Crippen LogP contribution in [0.25, 0.3) is 0 Å². The van der Waals surface area contributed by atoms with Crippen LogP contribution in [0, 0.1) is 17.2 Å². The molecule has 2 atom stereocenters. The van der Waals surface area contributed by atoms with Crippen molar-refractivity contribution in [1.29, 1.82) is 5.26 Å². The number of anilines is 1. The van der Waals surface area contributed by atoms with Crippen LogP contribution in [0.3, 0.4) is 0 Å². The molecule has 158 valence electrons. The Labute approximate surface area is 190 Å². The van der Waals surface area contributed by atoms with Crippen LogP contribution in [-0.2, 0) is 9.53 Å². The highest BCUT2D eigenvalue weighted by Crippen LogP contribution is 2.24. The lowest BCUT2D eigenvalue weighted by Crippen LogP contribution is -2.36. The molecule has 0 fully saturated rings. The molecule has 0 saturated heterocycles. The second-order valence-corrected chi connectivity index (χ2v) is 8.05. The summed E-state index contributed by atoms with van der Waals surface area (Å²) in [6.07, 6.45) is -1.15. The van der Waals surface area contributed by atoms with Crippen LogP contribution in [0.5, 0.6) is 11.6 Å². The maximum absolute atomic E-state index is 12.9. The molecular weight excluding hydrogens is 458 g/mol. The van der Waals surface area contributed by atoms with Crippen molar-refractivity contribution in [2.45, 2.75) is 26.0 Å². The van der Waals surface area contributed by atoms with Gasteiger partial charge >= 0.3 is 5.97 Å². The molecule has 7 heteroatoms. The molecule has 3 aromatic rings. The van der Waals surface area contributed by atoms with Gasteiger partial charge in [0.05, 0.1) is 5.69 Å². The predicted octanol–water partition coefficient (Wildman–Crippen LogP) is 5.88. The van der Waals surface area contributed by atoms with E-state index in [1.165, 1.54) is 0 Å². The zero-order valence-corrected chi connectivity index (χ0v) is 18.7. The number of carbonyl (C=O) groups excluding carboxylic acids is 1. The number of para-hydroxylation sites is 1. The Bertz CT molecular complexity index is 1050. The van der Waals surface area contributed by atoms with Gasteiger partial charge in [0, 0.05) is 16.2 Å². The molecule has 2 aromatic carbocycles. The van der Waals surface area contributed by atoms with E-state index in [2.05, 4.69) is 26.2 Å². The summed E-state index contributed by atoms with van der Waals surface area (Å²) in [7, 11) is 0. The molecule has 1 N–H and O–H groups in total. The molecule has 1 aromatic heterocycles. The number of nitrogens with zero attached hydrogens (tertiary/aromatic N) is 2. The van der Waals surface area contributed by atoms with Gasteiger partial charge in [0.1, 0.15) is 17.9 Å². The van der Waals surface area contributed by atoms with E-state index in [1.54, 1.807) is 30.3 Å². The average molecular weight is 480 g/mol. The van der Waals surface area contributed by atoms with Gasteiger partial charge in [0.15, 0.2) is 0 Å². The van der Waals surface area contributed by atoms with Gasteiger partial charge in [0.2, 0.25) is 12.0 Å². The largest absolute Gasteiger partial charge is 0.439 e. The third-order valence-electron chi connectivity index (χ3n) is 4.42. The average Bonchev–Trinajstić information content (AvgIpc) is 2.77. The molecule has 3 rings (SSSR count). The number of carbonyl (C=O) groups is 1. The van der Waals surface area contributed by atoms with E-state index in [1.807, 2.05) is 62.4 Å². The number of ether oxygens (including phenoxy) is 2. The Morgan fingerprint density at radius 2 is 1.74 bits per heavy atom. The highest BCUT2D eigenvalue weighted by molar-refractivity contribution is 9.10. The highest BCUT2D eigenvalue weighted by atomic mass is 79.9. The molecular formula is C24H22BrN3O3. The van der Waals surface area contributed by atoms with Crippen molar-refractivity contribution in [2.75, 3.05) is 5.32 Å². The second-order valence-electron chi connectivity index (χ2n) is 7.13. The van der Waals surface area contributed by atoms with Crippen molar-refractivity contribution in [1.82, 2.24) is 4.98 Å². The number of rotatable bonds is 8. The highest BCUT2D eigenvalue weighted by Gasteiger charge is 2.28. The van der Waals surface area contributed by atoms with Crippen molar-refractivity contribution < 1.29 is 14.3 Å². The summed E-state index contributed by atoms with van der Waals surface area (Å²) in [5.41, 5.74) is 1.08. The van der Waals surface area contributed by atoms with E-state index in [0.717, 1.165) is 10.2 Å². The minimum atomic E-state index is -1.15. The molecule has 0 aliphatic rings. The van der Waals surface area contributed by atoms with Gasteiger partial charge in [-0.3, -0.25) is 0 Å². The SMILES string of the molecule is CC(C)C(Nc1ccc(Br)cc1)C(=O)OC(C#N)c1cccc(Oc2ccccc2)n1. The molecule has 1 heterocycles. The topological polar surface area (TPSA) is 84.2 Å². The number of aromatic nitrogens is 1. The van der Waals surface area contributed by atoms with Crippen LogP contribution < -0.4 is 10.1 Å². The van der Waals surface area contributed by atoms with Crippen LogP contribution in [0.2, 0.25) is 0 Å². The number of nitrogens with one attached hydrogen (secondary N) is 1. The number of benzene rings is 2. The Morgan fingerprint density at radius 3 is 2.39 bits per heavy atom. The van der Waals surface area contributed by atoms with E-state index >= 15 is 0 Å². The van der Waals surface area contributed by atoms with Gasteiger partial charge in [-0.25, -0.2) is 9.78 Å². The lowest BCUT2D eigenvalue weighted by molar-refractivity contribution is -0.149. The van der Waals surface area contributed by atoms with E-state index in [9.17, 15) is 10.1 Å². The quantitative estimate of drug-likeness (QED) is 0.406. The van der Waals surface area contributed by atoms with Gasteiger partial charge in [-0.2, -0.15) is 5.26 Å². The van der Waals surface area contributed by atoms with Gasteiger partial charge in [-0.1, -0.05) is 54.0 Å². The lowest BCUT2D eigenvalue weighted by atomic mass is 10.0. The minimum Gasteiger partial charge on any atom is -0.439 e.